The second kappa shape index (κ2) is 5.49. The molecule has 0 spiro atoms. The zero-order valence-electron chi connectivity index (χ0n) is 9.52. The highest BCUT2D eigenvalue weighted by Gasteiger charge is 2.09. The van der Waals surface area contributed by atoms with Crippen LogP contribution in [0.1, 0.15) is 16.2 Å². The van der Waals surface area contributed by atoms with Gasteiger partial charge in [0.25, 0.3) is 5.91 Å². The third-order valence-corrected chi connectivity index (χ3v) is 3.61. The molecule has 18 heavy (non-hydrogen) atoms. The number of rotatable bonds is 3. The number of nitrogens with one attached hydrogen (secondary N) is 1. The molecule has 0 bridgehead atoms. The first kappa shape index (κ1) is 13.0. The van der Waals surface area contributed by atoms with Gasteiger partial charge in [-0.05, 0) is 34.1 Å². The van der Waals surface area contributed by atoms with E-state index in [1.807, 2.05) is 7.05 Å². The van der Waals surface area contributed by atoms with Gasteiger partial charge in [0, 0.05) is 17.1 Å². The number of hydrogen-bond acceptors (Lipinski definition) is 3. The van der Waals surface area contributed by atoms with Gasteiger partial charge in [0.1, 0.15) is 6.33 Å². The lowest BCUT2D eigenvalue weighted by Gasteiger charge is -2.05. The first-order valence-corrected chi connectivity index (χ1v) is 6.31. The molecule has 0 fully saturated rings. The molecule has 1 amide bonds. The molecular formula is C11H10BrClN4O. The number of aryl methyl sites for hydroxylation is 1. The Balaban J connectivity index is 2.04. The topological polar surface area (TPSA) is 59.8 Å². The van der Waals surface area contributed by atoms with E-state index in [1.165, 1.54) is 0 Å². The molecule has 0 radical (unpaired) electrons. The Morgan fingerprint density at radius 3 is 2.94 bits per heavy atom. The maximum atomic E-state index is 11.9. The summed E-state index contributed by atoms with van der Waals surface area (Å²) < 4.78 is 2.44. The normalized spacial score (nSPS) is 10.4. The van der Waals surface area contributed by atoms with Crippen LogP contribution in [0, 0.1) is 0 Å². The van der Waals surface area contributed by atoms with Crippen LogP contribution < -0.4 is 5.32 Å². The van der Waals surface area contributed by atoms with E-state index in [-0.39, 0.29) is 5.91 Å². The van der Waals surface area contributed by atoms with Crippen molar-refractivity contribution >= 4 is 33.4 Å². The SMILES string of the molecule is Cn1cnnc1CNC(=O)c1ccc(Cl)c(Br)c1. The number of amides is 1. The van der Waals surface area contributed by atoms with Crippen molar-refractivity contribution in [1.82, 2.24) is 20.1 Å². The number of hydrogen-bond donors (Lipinski definition) is 1. The molecule has 1 aromatic carbocycles. The molecule has 0 aliphatic heterocycles. The van der Waals surface area contributed by atoms with E-state index in [0.717, 1.165) is 0 Å². The van der Waals surface area contributed by atoms with Crippen LogP contribution in [0.15, 0.2) is 29.0 Å². The van der Waals surface area contributed by atoms with E-state index in [9.17, 15) is 4.79 Å². The van der Waals surface area contributed by atoms with Crippen molar-refractivity contribution in [3.63, 3.8) is 0 Å². The van der Waals surface area contributed by atoms with Gasteiger partial charge in [0.2, 0.25) is 0 Å². The summed E-state index contributed by atoms with van der Waals surface area (Å²) in [6.45, 7) is 0.329. The summed E-state index contributed by atoms with van der Waals surface area (Å²) in [4.78, 5) is 11.9. The highest BCUT2D eigenvalue weighted by atomic mass is 79.9. The Morgan fingerprint density at radius 2 is 2.33 bits per heavy atom. The summed E-state index contributed by atoms with van der Waals surface area (Å²) in [5.74, 6) is 0.506. The van der Waals surface area contributed by atoms with E-state index in [1.54, 1.807) is 29.1 Å². The molecule has 1 heterocycles. The van der Waals surface area contributed by atoms with Gasteiger partial charge in [-0.15, -0.1) is 10.2 Å². The molecule has 7 heteroatoms. The largest absolute Gasteiger partial charge is 0.345 e. The van der Waals surface area contributed by atoms with Gasteiger partial charge in [0.05, 0.1) is 11.6 Å². The van der Waals surface area contributed by atoms with Crippen LogP contribution in [0.3, 0.4) is 0 Å². The minimum atomic E-state index is -0.185. The van der Waals surface area contributed by atoms with Crippen molar-refractivity contribution in [3.8, 4) is 0 Å². The monoisotopic (exact) mass is 328 g/mol. The lowest BCUT2D eigenvalue weighted by Crippen LogP contribution is -2.24. The van der Waals surface area contributed by atoms with Crippen molar-refractivity contribution < 1.29 is 4.79 Å². The van der Waals surface area contributed by atoms with Crippen LogP contribution in [0.25, 0.3) is 0 Å². The third-order valence-electron chi connectivity index (χ3n) is 2.39. The second-order valence-corrected chi connectivity index (χ2v) is 4.93. The summed E-state index contributed by atoms with van der Waals surface area (Å²) in [6.07, 6.45) is 1.58. The highest BCUT2D eigenvalue weighted by Crippen LogP contribution is 2.23. The van der Waals surface area contributed by atoms with Crippen LogP contribution in [0.5, 0.6) is 0 Å². The quantitative estimate of drug-likeness (QED) is 0.939. The average Bonchev–Trinajstić information content (AvgIpc) is 2.75. The summed E-state index contributed by atoms with van der Waals surface area (Å²) in [7, 11) is 1.82. The van der Waals surface area contributed by atoms with Gasteiger partial charge in [-0.3, -0.25) is 4.79 Å². The van der Waals surface area contributed by atoms with Crippen LogP contribution in [0.4, 0.5) is 0 Å². The van der Waals surface area contributed by atoms with E-state index in [0.29, 0.717) is 27.4 Å². The summed E-state index contributed by atoms with van der Waals surface area (Å²) >= 11 is 9.14. The summed E-state index contributed by atoms with van der Waals surface area (Å²) in [6, 6.07) is 5.01. The molecule has 0 atom stereocenters. The highest BCUT2D eigenvalue weighted by molar-refractivity contribution is 9.10. The summed E-state index contributed by atoms with van der Waals surface area (Å²) in [5.41, 5.74) is 0.536. The molecule has 1 aromatic heterocycles. The minimum absolute atomic E-state index is 0.185. The Hall–Kier alpha value is -1.40. The van der Waals surface area contributed by atoms with Crippen LogP contribution in [-0.2, 0) is 13.6 Å². The predicted molar refractivity (Wildman–Crippen MR) is 71.3 cm³/mol. The molecule has 0 saturated heterocycles. The maximum absolute atomic E-state index is 11.9. The number of halogens is 2. The van der Waals surface area contributed by atoms with E-state index >= 15 is 0 Å². The molecule has 1 N–H and O–H groups in total. The molecule has 5 nitrogen and oxygen atoms in total. The number of benzene rings is 1. The Morgan fingerprint density at radius 1 is 1.56 bits per heavy atom. The average molecular weight is 330 g/mol. The van der Waals surface area contributed by atoms with Gasteiger partial charge < -0.3 is 9.88 Å². The van der Waals surface area contributed by atoms with Gasteiger partial charge in [0.15, 0.2) is 5.82 Å². The van der Waals surface area contributed by atoms with Crippen LogP contribution in [0.2, 0.25) is 5.02 Å². The number of carbonyl (C=O) groups is 1. The molecular weight excluding hydrogens is 320 g/mol. The first-order chi connectivity index (χ1) is 8.58. The fourth-order valence-electron chi connectivity index (χ4n) is 1.37. The van der Waals surface area contributed by atoms with Crippen molar-refractivity contribution in [2.75, 3.05) is 0 Å². The smallest absolute Gasteiger partial charge is 0.251 e. The van der Waals surface area contributed by atoms with Crippen molar-refractivity contribution in [2.24, 2.45) is 7.05 Å². The van der Waals surface area contributed by atoms with Gasteiger partial charge in [-0.25, -0.2) is 0 Å². The maximum Gasteiger partial charge on any atom is 0.251 e. The Kier molecular flexibility index (Phi) is 3.98. The fourth-order valence-corrected chi connectivity index (χ4v) is 1.86. The minimum Gasteiger partial charge on any atom is -0.345 e. The number of nitrogens with zero attached hydrogens (tertiary/aromatic N) is 3. The number of aromatic nitrogens is 3. The predicted octanol–water partition coefficient (Wildman–Crippen LogP) is 2.16. The molecule has 0 aliphatic carbocycles. The summed E-state index contributed by atoms with van der Waals surface area (Å²) in [5, 5.41) is 10.9. The van der Waals surface area contributed by atoms with Crippen LogP contribution >= 0.6 is 27.5 Å². The zero-order valence-corrected chi connectivity index (χ0v) is 11.9. The number of carbonyl (C=O) groups excluding carboxylic acids is 1. The van der Waals surface area contributed by atoms with Crippen molar-refractivity contribution in [3.05, 3.63) is 45.4 Å². The molecule has 2 rings (SSSR count). The van der Waals surface area contributed by atoms with Crippen molar-refractivity contribution in [2.45, 2.75) is 6.54 Å². The van der Waals surface area contributed by atoms with E-state index in [2.05, 4.69) is 31.4 Å². The first-order valence-electron chi connectivity index (χ1n) is 5.14. The van der Waals surface area contributed by atoms with Crippen molar-refractivity contribution in [1.29, 1.82) is 0 Å². The Labute approximate surface area is 117 Å². The zero-order chi connectivity index (χ0) is 13.1. The van der Waals surface area contributed by atoms with Gasteiger partial charge in [-0.1, -0.05) is 11.6 Å². The molecule has 0 saturated carbocycles. The van der Waals surface area contributed by atoms with Gasteiger partial charge in [-0.2, -0.15) is 0 Å². The molecule has 94 valence electrons. The van der Waals surface area contributed by atoms with E-state index in [4.69, 9.17) is 11.6 Å². The standard InChI is InChI=1S/C11H10BrClN4O/c1-17-6-15-16-10(17)5-14-11(18)7-2-3-9(13)8(12)4-7/h2-4,6H,5H2,1H3,(H,14,18). The molecule has 2 aromatic rings. The lowest BCUT2D eigenvalue weighted by molar-refractivity contribution is 0.0949. The third kappa shape index (κ3) is 2.88. The lowest BCUT2D eigenvalue weighted by atomic mass is 10.2. The van der Waals surface area contributed by atoms with Gasteiger partial charge >= 0.3 is 0 Å². The Bertz CT molecular complexity index is 584. The van der Waals surface area contributed by atoms with E-state index < -0.39 is 0 Å². The van der Waals surface area contributed by atoms with Crippen LogP contribution in [-0.4, -0.2) is 20.7 Å². The fraction of sp³-hybridized carbons (Fsp3) is 0.182. The molecule has 0 aliphatic rings. The second-order valence-electron chi connectivity index (χ2n) is 3.67. The molecule has 0 unspecified atom stereocenters.